The van der Waals surface area contributed by atoms with Crippen molar-refractivity contribution in [3.8, 4) is 50.5 Å². The molecule has 3 nitrogen and oxygen atoms in total. The maximum absolute atomic E-state index is 5.26. The zero-order chi connectivity index (χ0) is 33.7. The summed E-state index contributed by atoms with van der Waals surface area (Å²) >= 11 is 0. The summed E-state index contributed by atoms with van der Waals surface area (Å²) in [4.78, 5) is 10.4. The molecule has 238 valence electrons. The second-order valence-corrected chi connectivity index (χ2v) is 13.0. The first kappa shape index (κ1) is 29.1. The van der Waals surface area contributed by atoms with Gasteiger partial charge in [-0.1, -0.05) is 152 Å². The zero-order valence-corrected chi connectivity index (χ0v) is 27.7. The van der Waals surface area contributed by atoms with E-state index in [1.54, 1.807) is 0 Å². The molecule has 0 atom stereocenters. The Bertz CT molecular complexity index is 2890. The van der Waals surface area contributed by atoms with E-state index in [1.807, 2.05) is 24.3 Å². The van der Waals surface area contributed by atoms with E-state index in [0.29, 0.717) is 0 Å². The molecule has 3 heteroatoms. The number of benzene rings is 8. The molecular weight excluding hydrogens is 619 g/mol. The number of fused-ring (bicyclic) bond motifs is 6. The predicted molar refractivity (Wildman–Crippen MR) is 213 cm³/mol. The number of nitrogens with zero attached hydrogens (tertiary/aromatic N) is 3. The van der Waals surface area contributed by atoms with Crippen LogP contribution in [0.5, 0.6) is 0 Å². The van der Waals surface area contributed by atoms with E-state index in [-0.39, 0.29) is 0 Å². The fourth-order valence-electron chi connectivity index (χ4n) is 7.53. The number of aromatic nitrogens is 3. The first-order valence-electron chi connectivity index (χ1n) is 17.3. The van der Waals surface area contributed by atoms with Gasteiger partial charge in [0.1, 0.15) is 0 Å². The standard InChI is InChI=1S/C48H31N3/c1-4-13-32(14-5-1)38-23-26-41-45(31-38)51(44-28-25-33-15-10-11-22-40(33)46(41)44)39-21-12-20-36(29-39)37-24-27-42-43(30-37)50-48(35-18-8-3-9-19-35)47(49-42)34-16-6-2-7-17-34/h1-31H. The third-order valence-electron chi connectivity index (χ3n) is 9.96. The molecule has 0 amide bonds. The molecule has 0 N–H and O–H groups in total. The maximum Gasteiger partial charge on any atom is 0.0973 e. The molecule has 2 aromatic heterocycles. The van der Waals surface area contributed by atoms with Gasteiger partial charge in [-0.2, -0.15) is 0 Å². The minimum atomic E-state index is 0.868. The number of rotatable bonds is 5. The van der Waals surface area contributed by atoms with Crippen LogP contribution in [0.2, 0.25) is 0 Å². The Labute approximate surface area is 295 Å². The van der Waals surface area contributed by atoms with Gasteiger partial charge in [0.05, 0.1) is 33.5 Å². The van der Waals surface area contributed by atoms with Crippen LogP contribution in [-0.2, 0) is 0 Å². The Hall–Kier alpha value is -6.84. The molecule has 51 heavy (non-hydrogen) atoms. The fourth-order valence-corrected chi connectivity index (χ4v) is 7.53. The van der Waals surface area contributed by atoms with Crippen molar-refractivity contribution in [1.82, 2.24) is 14.5 Å². The van der Waals surface area contributed by atoms with Gasteiger partial charge in [-0.15, -0.1) is 0 Å². The van der Waals surface area contributed by atoms with Crippen LogP contribution >= 0.6 is 0 Å². The molecule has 0 fully saturated rings. The summed E-state index contributed by atoms with van der Waals surface area (Å²) in [7, 11) is 0. The van der Waals surface area contributed by atoms with Crippen LogP contribution < -0.4 is 0 Å². The lowest BCUT2D eigenvalue weighted by atomic mass is 10.0. The molecule has 0 aliphatic heterocycles. The van der Waals surface area contributed by atoms with Crippen molar-refractivity contribution in [2.24, 2.45) is 0 Å². The van der Waals surface area contributed by atoms with E-state index in [4.69, 9.17) is 9.97 Å². The van der Waals surface area contributed by atoms with Crippen molar-refractivity contribution in [3.63, 3.8) is 0 Å². The Balaban J connectivity index is 1.16. The topological polar surface area (TPSA) is 30.7 Å². The van der Waals surface area contributed by atoms with Crippen LogP contribution in [0.15, 0.2) is 188 Å². The summed E-state index contributed by atoms with van der Waals surface area (Å²) < 4.78 is 2.42. The summed E-state index contributed by atoms with van der Waals surface area (Å²) in [5, 5.41) is 5.03. The molecule has 0 aliphatic rings. The van der Waals surface area contributed by atoms with Gasteiger partial charge >= 0.3 is 0 Å². The summed E-state index contributed by atoms with van der Waals surface area (Å²) in [6, 6.07) is 66.7. The highest BCUT2D eigenvalue weighted by Gasteiger charge is 2.17. The van der Waals surface area contributed by atoms with Gasteiger partial charge in [0.25, 0.3) is 0 Å². The maximum atomic E-state index is 5.26. The third-order valence-corrected chi connectivity index (χ3v) is 9.96. The van der Waals surface area contributed by atoms with Crippen molar-refractivity contribution in [2.75, 3.05) is 0 Å². The second kappa shape index (κ2) is 11.9. The first-order valence-corrected chi connectivity index (χ1v) is 17.3. The predicted octanol–water partition coefficient (Wildman–Crippen LogP) is 12.5. The van der Waals surface area contributed by atoms with Crippen LogP contribution in [-0.4, -0.2) is 14.5 Å². The summed E-state index contributed by atoms with van der Waals surface area (Å²) in [5.41, 5.74) is 13.7. The molecule has 0 saturated heterocycles. The molecule has 0 saturated carbocycles. The van der Waals surface area contributed by atoms with Crippen molar-refractivity contribution < 1.29 is 0 Å². The summed E-state index contributed by atoms with van der Waals surface area (Å²) in [6.07, 6.45) is 0. The van der Waals surface area contributed by atoms with Gasteiger partial charge in [-0.05, 0) is 69.4 Å². The van der Waals surface area contributed by atoms with Crippen LogP contribution in [0.3, 0.4) is 0 Å². The third kappa shape index (κ3) is 4.98. The SMILES string of the molecule is c1ccc(-c2ccc3c4c5ccccc5ccc4n(-c4cccc(-c5ccc6nc(-c7ccccc7)c(-c7ccccc7)nc6c5)c4)c3c2)cc1. The van der Waals surface area contributed by atoms with Gasteiger partial charge in [0.2, 0.25) is 0 Å². The van der Waals surface area contributed by atoms with Crippen molar-refractivity contribution >= 4 is 43.6 Å². The van der Waals surface area contributed by atoms with Crippen molar-refractivity contribution in [3.05, 3.63) is 188 Å². The van der Waals surface area contributed by atoms with Gasteiger partial charge in [0.15, 0.2) is 0 Å². The molecule has 10 aromatic rings. The highest BCUT2D eigenvalue weighted by Crippen LogP contribution is 2.40. The van der Waals surface area contributed by atoms with Crippen LogP contribution in [0.25, 0.3) is 94.1 Å². The molecule has 0 aliphatic carbocycles. The van der Waals surface area contributed by atoms with E-state index >= 15 is 0 Å². The summed E-state index contributed by atoms with van der Waals surface area (Å²) in [6.45, 7) is 0. The van der Waals surface area contributed by atoms with Crippen LogP contribution in [0, 0.1) is 0 Å². The number of hydrogen-bond acceptors (Lipinski definition) is 2. The van der Waals surface area contributed by atoms with Gasteiger partial charge in [0, 0.05) is 27.6 Å². The Morgan fingerprint density at radius 2 is 0.922 bits per heavy atom. The van der Waals surface area contributed by atoms with Crippen LogP contribution in [0.4, 0.5) is 0 Å². The van der Waals surface area contributed by atoms with Gasteiger partial charge in [-0.25, -0.2) is 9.97 Å². The van der Waals surface area contributed by atoms with Crippen molar-refractivity contribution in [1.29, 1.82) is 0 Å². The van der Waals surface area contributed by atoms with Gasteiger partial charge < -0.3 is 4.57 Å². The van der Waals surface area contributed by atoms with E-state index in [1.165, 1.54) is 43.7 Å². The quantitative estimate of drug-likeness (QED) is 0.186. The lowest BCUT2D eigenvalue weighted by Gasteiger charge is -2.13. The van der Waals surface area contributed by atoms with E-state index < -0.39 is 0 Å². The largest absolute Gasteiger partial charge is 0.309 e. The minimum absolute atomic E-state index is 0.868. The molecule has 2 heterocycles. The Morgan fingerprint density at radius 3 is 1.67 bits per heavy atom. The average Bonchev–Trinajstić information content (AvgIpc) is 3.55. The fraction of sp³-hybridized carbons (Fsp3) is 0. The highest BCUT2D eigenvalue weighted by molar-refractivity contribution is 6.21. The first-order chi connectivity index (χ1) is 25.3. The molecule has 0 radical (unpaired) electrons. The molecule has 0 spiro atoms. The van der Waals surface area contributed by atoms with Gasteiger partial charge in [-0.3, -0.25) is 0 Å². The number of hydrogen-bond donors (Lipinski definition) is 0. The zero-order valence-electron chi connectivity index (χ0n) is 27.7. The second-order valence-electron chi connectivity index (χ2n) is 13.0. The van der Waals surface area contributed by atoms with Crippen LogP contribution in [0.1, 0.15) is 0 Å². The van der Waals surface area contributed by atoms with Crippen molar-refractivity contribution in [2.45, 2.75) is 0 Å². The minimum Gasteiger partial charge on any atom is -0.309 e. The molecule has 8 aromatic carbocycles. The van der Waals surface area contributed by atoms with E-state index in [2.05, 4.69) is 168 Å². The molecule has 10 rings (SSSR count). The monoisotopic (exact) mass is 649 g/mol. The Morgan fingerprint density at radius 1 is 0.333 bits per heavy atom. The highest BCUT2D eigenvalue weighted by atomic mass is 15.0. The Kier molecular flexibility index (Phi) is 6.81. The summed E-state index contributed by atoms with van der Waals surface area (Å²) in [5.74, 6) is 0. The molecular formula is C48H31N3. The lowest BCUT2D eigenvalue weighted by molar-refractivity contribution is 1.18. The van der Waals surface area contributed by atoms with E-state index in [9.17, 15) is 0 Å². The van der Waals surface area contributed by atoms with E-state index in [0.717, 1.165) is 50.4 Å². The smallest absolute Gasteiger partial charge is 0.0973 e. The molecule has 0 bridgehead atoms. The normalized spacial score (nSPS) is 11.5. The average molecular weight is 650 g/mol. The molecule has 0 unspecified atom stereocenters. The lowest BCUT2D eigenvalue weighted by Crippen LogP contribution is -1.96.